The van der Waals surface area contributed by atoms with E-state index in [1.165, 1.54) is 43.4 Å². The van der Waals surface area contributed by atoms with Crippen LogP contribution in [0.4, 0.5) is 29.1 Å². The van der Waals surface area contributed by atoms with E-state index < -0.39 is 82.1 Å². The van der Waals surface area contributed by atoms with Crippen molar-refractivity contribution < 1.29 is 41.8 Å². The Hall–Kier alpha value is -5.47. The van der Waals surface area contributed by atoms with Crippen molar-refractivity contribution in [3.05, 3.63) is 129 Å². The molecule has 4 aromatic rings. The van der Waals surface area contributed by atoms with E-state index in [4.69, 9.17) is 23.2 Å². The molecule has 1 saturated carbocycles. The molecule has 1 aromatic heterocycles. The Morgan fingerprint density at radius 3 is 2.20 bits per heavy atom. The number of hydrogen-bond donors (Lipinski definition) is 2. The lowest BCUT2D eigenvalue weighted by Crippen LogP contribution is -2.53. The first-order valence-electron chi connectivity index (χ1n) is 17.1. The molecule has 3 aromatic carbocycles. The third kappa shape index (κ3) is 5.64. The molecule has 2 aliphatic heterocycles. The van der Waals surface area contributed by atoms with Crippen LogP contribution in [0.2, 0.25) is 10.0 Å². The maximum Gasteiger partial charge on any atom is 0.433 e. The van der Waals surface area contributed by atoms with Crippen molar-refractivity contribution >= 4 is 58.3 Å². The van der Waals surface area contributed by atoms with Crippen molar-refractivity contribution in [3.63, 3.8) is 0 Å². The zero-order valence-corrected chi connectivity index (χ0v) is 30.1. The van der Waals surface area contributed by atoms with Crippen LogP contribution in [0.15, 0.2) is 96.6 Å². The maximum absolute atomic E-state index is 15.1. The van der Waals surface area contributed by atoms with Gasteiger partial charge < -0.3 is 5.11 Å². The van der Waals surface area contributed by atoms with E-state index in [2.05, 4.69) is 10.4 Å². The second-order valence-corrected chi connectivity index (χ2v) is 14.8. The highest BCUT2D eigenvalue weighted by atomic mass is 35.5. The fourth-order valence-electron chi connectivity index (χ4n) is 8.89. The van der Waals surface area contributed by atoms with Gasteiger partial charge in [-0.25, -0.2) is 9.37 Å². The number of nitrogens with zero attached hydrogens (tertiary/aromatic N) is 4. The quantitative estimate of drug-likeness (QED) is 0.119. The van der Waals surface area contributed by atoms with Crippen LogP contribution in [-0.2, 0) is 30.8 Å². The van der Waals surface area contributed by atoms with Crippen molar-refractivity contribution in [1.82, 2.24) is 15.0 Å². The monoisotopic (exact) mass is 793 g/mol. The van der Waals surface area contributed by atoms with Gasteiger partial charge >= 0.3 is 6.18 Å². The highest BCUT2D eigenvalue weighted by molar-refractivity contribution is 6.33. The number of aromatic nitrogens is 1. The number of benzene rings is 3. The first-order valence-corrected chi connectivity index (χ1v) is 17.9. The number of phenolic OH excluding ortho intramolecular Hbond substituents is 1. The molecule has 3 fully saturated rings. The van der Waals surface area contributed by atoms with Crippen LogP contribution in [0.25, 0.3) is 0 Å². The SMILES string of the molecule is CN(c1nc(C(F)(F)F)ccc1Cl)N1C(=O)[C@H]2[C@H](CC=C3[C@H]2C[C@H]2C(=O)N(Nc4ccc(F)cc4)C(=O)[C@@]2(c2ccc(Cl)cc2)[C@H]3c2ccc(O)cc2)C1=O. The van der Waals surface area contributed by atoms with Crippen LogP contribution in [-0.4, -0.2) is 50.8 Å². The lowest BCUT2D eigenvalue weighted by molar-refractivity contribution is -0.142. The van der Waals surface area contributed by atoms with Crippen molar-refractivity contribution in [2.75, 3.05) is 17.5 Å². The summed E-state index contributed by atoms with van der Waals surface area (Å²) in [5.41, 5.74) is 1.78. The Labute approximate surface area is 320 Å². The number of halogens is 6. The molecule has 3 heterocycles. The van der Waals surface area contributed by atoms with Gasteiger partial charge in [0.25, 0.3) is 23.6 Å². The summed E-state index contributed by atoms with van der Waals surface area (Å²) in [6.07, 6.45) is -3.08. The molecule has 4 aliphatic rings. The highest BCUT2D eigenvalue weighted by Crippen LogP contribution is 2.64. The van der Waals surface area contributed by atoms with Crippen LogP contribution in [0.1, 0.15) is 35.6 Å². The summed E-state index contributed by atoms with van der Waals surface area (Å²) < 4.78 is 54.8. The summed E-state index contributed by atoms with van der Waals surface area (Å²) in [5, 5.41) is 13.0. The van der Waals surface area contributed by atoms with E-state index in [-0.39, 0.29) is 29.3 Å². The van der Waals surface area contributed by atoms with Gasteiger partial charge in [0.15, 0.2) is 5.82 Å². The van der Waals surface area contributed by atoms with Gasteiger partial charge in [-0.3, -0.25) is 29.6 Å². The van der Waals surface area contributed by atoms with E-state index in [1.807, 2.05) is 0 Å². The second kappa shape index (κ2) is 13.1. The number of carbonyl (C=O) groups is 4. The number of imide groups is 2. The van der Waals surface area contributed by atoms with Crippen LogP contribution in [0, 0.1) is 29.5 Å². The van der Waals surface area contributed by atoms with Gasteiger partial charge in [0.1, 0.15) is 17.3 Å². The molecule has 0 bridgehead atoms. The molecule has 55 heavy (non-hydrogen) atoms. The number of rotatable bonds is 6. The normalized spacial score (nSPS) is 26.1. The van der Waals surface area contributed by atoms with E-state index in [1.54, 1.807) is 42.5 Å². The first kappa shape index (κ1) is 36.5. The minimum atomic E-state index is -4.83. The zero-order valence-electron chi connectivity index (χ0n) is 28.6. The Morgan fingerprint density at radius 2 is 1.55 bits per heavy atom. The van der Waals surface area contributed by atoms with E-state index in [0.29, 0.717) is 27.8 Å². The molecule has 2 aliphatic carbocycles. The molecule has 6 atom stereocenters. The van der Waals surface area contributed by atoms with Gasteiger partial charge in [0.05, 0.1) is 33.9 Å². The van der Waals surface area contributed by atoms with Gasteiger partial charge in [0, 0.05) is 18.0 Å². The molecule has 16 heteroatoms. The van der Waals surface area contributed by atoms with Crippen molar-refractivity contribution in [2.45, 2.75) is 30.4 Å². The largest absolute Gasteiger partial charge is 0.508 e. The van der Waals surface area contributed by atoms with Crippen LogP contribution in [0.3, 0.4) is 0 Å². The molecule has 0 spiro atoms. The third-order valence-electron chi connectivity index (χ3n) is 11.2. The smallest absolute Gasteiger partial charge is 0.433 e. The fourth-order valence-corrected chi connectivity index (χ4v) is 9.24. The van der Waals surface area contributed by atoms with Gasteiger partial charge in [0.2, 0.25) is 0 Å². The molecule has 4 amide bonds. The Balaban J connectivity index is 1.27. The summed E-state index contributed by atoms with van der Waals surface area (Å²) in [5.74, 6) is -8.64. The highest BCUT2D eigenvalue weighted by Gasteiger charge is 2.70. The number of carbonyl (C=O) groups excluding carboxylic acids is 4. The Kier molecular flexibility index (Phi) is 8.69. The number of hydrogen-bond acceptors (Lipinski definition) is 8. The van der Waals surface area contributed by atoms with Gasteiger partial charge in [-0.2, -0.15) is 23.2 Å². The van der Waals surface area contributed by atoms with Gasteiger partial charge in [-0.05, 0) is 90.6 Å². The molecule has 282 valence electrons. The zero-order chi connectivity index (χ0) is 39.1. The minimum Gasteiger partial charge on any atom is -0.508 e. The Morgan fingerprint density at radius 1 is 0.873 bits per heavy atom. The summed E-state index contributed by atoms with van der Waals surface area (Å²) >= 11 is 12.6. The third-order valence-corrected chi connectivity index (χ3v) is 11.7. The lowest BCUT2D eigenvalue weighted by Gasteiger charge is -2.50. The summed E-state index contributed by atoms with van der Waals surface area (Å²) in [6, 6.07) is 19.4. The summed E-state index contributed by atoms with van der Waals surface area (Å²) in [4.78, 5) is 62.1. The number of phenols is 1. The number of hydrazine groups is 2. The standard InChI is InChI=1S/C39H29Cl2F4N5O5/c1-48(33-29(41)16-17-30(46-33)39(43,44)45)50-34(52)26-15-14-25-27(31(26)36(50)54)18-28-35(53)49(47-23-10-8-22(42)9-11-23)37(55)38(28,20-4-6-21(40)7-5-20)32(25)19-2-12-24(51)13-3-19/h2-14,16-17,26-28,31-32,47,51H,15,18H2,1H3/t26-,27+,28-,31-,32-,38+/m0/s1. The topological polar surface area (TPSA) is 123 Å². The number of allylic oxidation sites excluding steroid dienone is 2. The fraction of sp³-hybridized carbons (Fsp3) is 0.256. The van der Waals surface area contributed by atoms with E-state index in [0.717, 1.165) is 21.1 Å². The van der Waals surface area contributed by atoms with Gasteiger partial charge in [-0.15, -0.1) is 0 Å². The number of pyridine rings is 1. The molecule has 10 nitrogen and oxygen atoms in total. The first-order chi connectivity index (χ1) is 26.1. The molecule has 0 radical (unpaired) electrons. The van der Waals surface area contributed by atoms with E-state index in [9.17, 15) is 37.1 Å². The van der Waals surface area contributed by atoms with Crippen molar-refractivity contribution in [2.24, 2.45) is 23.7 Å². The molecule has 2 saturated heterocycles. The predicted octanol–water partition coefficient (Wildman–Crippen LogP) is 7.29. The predicted molar refractivity (Wildman–Crippen MR) is 192 cm³/mol. The molecule has 0 unspecified atom stereocenters. The molecule has 2 N–H and O–H groups in total. The Bertz CT molecular complexity index is 2290. The summed E-state index contributed by atoms with van der Waals surface area (Å²) in [7, 11) is 1.22. The van der Waals surface area contributed by atoms with Crippen molar-refractivity contribution in [1.29, 1.82) is 0 Å². The molecular formula is C39H29Cl2F4N5O5. The molecular weight excluding hydrogens is 765 g/mol. The second-order valence-electron chi connectivity index (χ2n) is 14.0. The van der Waals surface area contributed by atoms with Gasteiger partial charge in [-0.1, -0.05) is 59.1 Å². The number of aromatic hydroxyl groups is 1. The average molecular weight is 795 g/mol. The number of anilines is 2. The van der Waals surface area contributed by atoms with E-state index >= 15 is 4.79 Å². The van der Waals surface area contributed by atoms with Crippen LogP contribution < -0.4 is 10.4 Å². The number of fused-ring (bicyclic) bond motifs is 4. The minimum absolute atomic E-state index is 0.0325. The lowest BCUT2D eigenvalue weighted by atomic mass is 9.49. The number of nitrogens with one attached hydrogen (secondary N) is 1. The van der Waals surface area contributed by atoms with Crippen molar-refractivity contribution in [3.8, 4) is 5.75 Å². The average Bonchev–Trinajstić information content (AvgIpc) is 3.53. The molecule has 8 rings (SSSR count). The van der Waals surface area contributed by atoms with Crippen LogP contribution in [0.5, 0.6) is 5.75 Å². The summed E-state index contributed by atoms with van der Waals surface area (Å²) in [6.45, 7) is 0. The number of amides is 4. The number of alkyl halides is 3. The maximum atomic E-state index is 15.1. The van der Waals surface area contributed by atoms with Crippen LogP contribution >= 0.6 is 23.2 Å².